The molecular formula is C19H22N2O4. The third-order valence-corrected chi connectivity index (χ3v) is 4.38. The molecule has 1 saturated heterocycles. The van der Waals surface area contributed by atoms with Gasteiger partial charge >= 0.3 is 0 Å². The zero-order valence-corrected chi connectivity index (χ0v) is 14.4. The Morgan fingerprint density at radius 1 is 1.24 bits per heavy atom. The van der Waals surface area contributed by atoms with Crippen LogP contribution in [0.4, 0.5) is 0 Å². The van der Waals surface area contributed by atoms with E-state index in [9.17, 15) is 9.59 Å². The van der Waals surface area contributed by atoms with E-state index >= 15 is 0 Å². The number of ether oxygens (including phenoxy) is 1. The molecule has 2 atom stereocenters. The Morgan fingerprint density at radius 2 is 2.00 bits per heavy atom. The van der Waals surface area contributed by atoms with Crippen LogP contribution in [0.1, 0.15) is 34.6 Å². The second-order valence-corrected chi connectivity index (χ2v) is 6.19. The maximum atomic E-state index is 12.7. The summed E-state index contributed by atoms with van der Waals surface area (Å²) in [7, 11) is 0. The normalized spacial score (nSPS) is 20.3. The fourth-order valence-corrected chi connectivity index (χ4v) is 3.00. The fraction of sp³-hybridized carbons (Fsp3) is 0.368. The highest BCUT2D eigenvalue weighted by Crippen LogP contribution is 2.26. The number of hydrogen-bond acceptors (Lipinski definition) is 4. The summed E-state index contributed by atoms with van der Waals surface area (Å²) >= 11 is 0. The quantitative estimate of drug-likeness (QED) is 0.925. The van der Waals surface area contributed by atoms with Gasteiger partial charge in [0.15, 0.2) is 0 Å². The summed E-state index contributed by atoms with van der Waals surface area (Å²) in [6.45, 7) is 4.55. The van der Waals surface area contributed by atoms with Crippen LogP contribution in [0.2, 0.25) is 0 Å². The first-order valence-corrected chi connectivity index (χ1v) is 8.34. The van der Waals surface area contributed by atoms with Crippen molar-refractivity contribution in [1.29, 1.82) is 0 Å². The number of carbonyl (C=O) groups is 2. The van der Waals surface area contributed by atoms with E-state index in [0.717, 1.165) is 5.56 Å². The van der Waals surface area contributed by atoms with Gasteiger partial charge in [-0.2, -0.15) is 0 Å². The molecule has 6 heteroatoms. The third-order valence-electron chi connectivity index (χ3n) is 4.38. The molecule has 2 amide bonds. The summed E-state index contributed by atoms with van der Waals surface area (Å²) in [5, 5.41) is 2.68. The molecular weight excluding hydrogens is 320 g/mol. The Morgan fingerprint density at radius 3 is 2.68 bits per heavy atom. The zero-order valence-electron chi connectivity index (χ0n) is 14.4. The molecule has 2 heterocycles. The minimum absolute atomic E-state index is 0.0317. The van der Waals surface area contributed by atoms with Gasteiger partial charge in [0, 0.05) is 6.54 Å². The number of hydrogen-bond donors (Lipinski definition) is 1. The van der Waals surface area contributed by atoms with Gasteiger partial charge in [0.05, 0.1) is 37.1 Å². The number of morpholine rings is 1. The van der Waals surface area contributed by atoms with E-state index < -0.39 is 0 Å². The highest BCUT2D eigenvalue weighted by Gasteiger charge is 2.31. The first kappa shape index (κ1) is 17.2. The van der Waals surface area contributed by atoms with E-state index in [0.29, 0.717) is 24.5 Å². The Bertz CT molecular complexity index is 741. The van der Waals surface area contributed by atoms with Crippen LogP contribution in [0.15, 0.2) is 47.1 Å². The van der Waals surface area contributed by atoms with Crippen LogP contribution in [-0.2, 0) is 9.53 Å². The first-order valence-electron chi connectivity index (χ1n) is 8.34. The Hall–Kier alpha value is -2.60. The summed E-state index contributed by atoms with van der Waals surface area (Å²) in [6.07, 6.45) is 1.43. The molecule has 0 radical (unpaired) electrons. The van der Waals surface area contributed by atoms with Crippen LogP contribution in [0.3, 0.4) is 0 Å². The summed E-state index contributed by atoms with van der Waals surface area (Å²) in [5.41, 5.74) is 1.47. The molecule has 132 valence electrons. The van der Waals surface area contributed by atoms with E-state index in [4.69, 9.17) is 9.15 Å². The molecule has 0 spiro atoms. The molecule has 0 aliphatic carbocycles. The lowest BCUT2D eigenvalue weighted by atomic mass is 10.0. The molecule has 0 saturated carbocycles. The van der Waals surface area contributed by atoms with Gasteiger partial charge < -0.3 is 19.4 Å². The number of furan rings is 1. The van der Waals surface area contributed by atoms with Gasteiger partial charge in [-0.1, -0.05) is 30.3 Å². The number of rotatable bonds is 4. The first-order chi connectivity index (χ1) is 12.1. The van der Waals surface area contributed by atoms with Crippen molar-refractivity contribution in [1.82, 2.24) is 10.2 Å². The molecule has 2 aromatic rings. The highest BCUT2D eigenvalue weighted by molar-refractivity contribution is 5.97. The lowest BCUT2D eigenvalue weighted by molar-refractivity contribution is -0.143. The lowest BCUT2D eigenvalue weighted by Gasteiger charge is -2.39. The van der Waals surface area contributed by atoms with Gasteiger partial charge in [0.1, 0.15) is 5.76 Å². The van der Waals surface area contributed by atoms with E-state index in [2.05, 4.69) is 5.32 Å². The van der Waals surface area contributed by atoms with Crippen molar-refractivity contribution in [3.63, 3.8) is 0 Å². The molecule has 6 nitrogen and oxygen atoms in total. The number of carbonyl (C=O) groups excluding carboxylic acids is 2. The Kier molecular flexibility index (Phi) is 5.19. The van der Waals surface area contributed by atoms with Gasteiger partial charge in [-0.15, -0.1) is 0 Å². The molecule has 1 N–H and O–H groups in total. The Balaban J connectivity index is 1.67. The van der Waals surface area contributed by atoms with Crippen LogP contribution >= 0.6 is 0 Å². The summed E-state index contributed by atoms with van der Waals surface area (Å²) in [6, 6.07) is 11.3. The summed E-state index contributed by atoms with van der Waals surface area (Å²) < 4.78 is 10.9. The van der Waals surface area contributed by atoms with E-state index in [-0.39, 0.29) is 30.5 Å². The molecule has 3 rings (SSSR count). The predicted octanol–water partition coefficient (Wildman–Crippen LogP) is 2.31. The molecule has 1 aromatic carbocycles. The molecule has 0 bridgehead atoms. The van der Waals surface area contributed by atoms with Crippen LogP contribution in [0.5, 0.6) is 0 Å². The number of nitrogens with zero attached hydrogens (tertiary/aromatic N) is 1. The molecule has 1 fully saturated rings. The van der Waals surface area contributed by atoms with Gasteiger partial charge in [-0.3, -0.25) is 9.59 Å². The molecule has 1 aliphatic heterocycles. The van der Waals surface area contributed by atoms with Crippen LogP contribution in [0.25, 0.3) is 0 Å². The predicted molar refractivity (Wildman–Crippen MR) is 92.1 cm³/mol. The second-order valence-electron chi connectivity index (χ2n) is 6.19. The van der Waals surface area contributed by atoms with E-state index in [1.807, 2.05) is 37.3 Å². The van der Waals surface area contributed by atoms with Crippen LogP contribution in [0, 0.1) is 6.92 Å². The van der Waals surface area contributed by atoms with Crippen molar-refractivity contribution in [3.05, 3.63) is 59.5 Å². The van der Waals surface area contributed by atoms with Gasteiger partial charge in [-0.25, -0.2) is 0 Å². The van der Waals surface area contributed by atoms with Crippen molar-refractivity contribution in [2.24, 2.45) is 0 Å². The molecule has 0 unspecified atom stereocenters. The fourth-order valence-electron chi connectivity index (χ4n) is 3.00. The zero-order chi connectivity index (χ0) is 17.8. The molecule has 1 aliphatic rings. The maximum absolute atomic E-state index is 12.7. The van der Waals surface area contributed by atoms with Crippen LogP contribution < -0.4 is 5.32 Å². The number of benzene rings is 1. The molecule has 25 heavy (non-hydrogen) atoms. The van der Waals surface area contributed by atoms with E-state index in [1.165, 1.54) is 6.26 Å². The largest absolute Gasteiger partial charge is 0.469 e. The van der Waals surface area contributed by atoms with Gasteiger partial charge in [0.25, 0.3) is 5.91 Å². The minimum Gasteiger partial charge on any atom is -0.469 e. The standard InChI is InChI=1S/C19H22N2O4/c1-13-11-21(17(12-25-13)15-6-4-3-5-7-15)18(22)10-20-19(23)16-8-9-24-14(16)2/h3-9,13,17H,10-12H2,1-2H3,(H,20,23)/t13-,17+/m1/s1. The average molecular weight is 342 g/mol. The highest BCUT2D eigenvalue weighted by atomic mass is 16.5. The smallest absolute Gasteiger partial charge is 0.255 e. The van der Waals surface area contributed by atoms with Crippen molar-refractivity contribution in [2.75, 3.05) is 19.7 Å². The van der Waals surface area contributed by atoms with Gasteiger partial charge in [-0.05, 0) is 25.5 Å². The minimum atomic E-state index is -0.308. The van der Waals surface area contributed by atoms with Crippen molar-refractivity contribution >= 4 is 11.8 Å². The van der Waals surface area contributed by atoms with Crippen molar-refractivity contribution in [2.45, 2.75) is 26.0 Å². The Labute approximate surface area is 146 Å². The topological polar surface area (TPSA) is 71.8 Å². The number of amides is 2. The maximum Gasteiger partial charge on any atom is 0.255 e. The van der Waals surface area contributed by atoms with Crippen molar-refractivity contribution in [3.8, 4) is 0 Å². The average Bonchev–Trinajstić information content (AvgIpc) is 3.06. The SMILES string of the molecule is Cc1occc1C(=O)NCC(=O)N1C[C@@H](C)OC[C@H]1c1ccccc1. The van der Waals surface area contributed by atoms with E-state index in [1.54, 1.807) is 17.9 Å². The summed E-state index contributed by atoms with van der Waals surface area (Å²) in [4.78, 5) is 26.7. The molecule has 1 aromatic heterocycles. The second kappa shape index (κ2) is 7.53. The van der Waals surface area contributed by atoms with Crippen molar-refractivity contribution < 1.29 is 18.7 Å². The number of aryl methyl sites for hydroxylation is 1. The third kappa shape index (κ3) is 3.91. The monoisotopic (exact) mass is 342 g/mol. The van der Waals surface area contributed by atoms with Crippen LogP contribution in [-0.4, -0.2) is 42.5 Å². The van der Waals surface area contributed by atoms with Gasteiger partial charge in [0.2, 0.25) is 5.91 Å². The number of nitrogens with one attached hydrogen (secondary N) is 1. The summed E-state index contributed by atoms with van der Waals surface area (Å²) in [5.74, 6) is 0.0998. The lowest BCUT2D eigenvalue weighted by Crippen LogP contribution is -2.50.